The third-order valence-electron chi connectivity index (χ3n) is 3.11. The zero-order valence-corrected chi connectivity index (χ0v) is 9.72. The molecule has 0 aromatic carbocycles. The molecule has 1 N–H and O–H groups in total. The lowest BCUT2D eigenvalue weighted by Crippen LogP contribution is -2.43. The van der Waals surface area contributed by atoms with Gasteiger partial charge in [0, 0.05) is 45.5 Å². The Balaban J connectivity index is 2.09. The Morgan fingerprint density at radius 1 is 1.24 bits per heavy atom. The maximum Gasteiger partial charge on any atom is 0.431 e. The molecule has 1 aromatic rings. The first-order valence-electron chi connectivity index (χ1n) is 5.63. The van der Waals surface area contributed by atoms with Gasteiger partial charge >= 0.3 is 6.18 Å². The van der Waals surface area contributed by atoms with E-state index in [9.17, 15) is 13.2 Å². The summed E-state index contributed by atoms with van der Waals surface area (Å²) in [6, 6.07) is 2.71. The summed E-state index contributed by atoms with van der Waals surface area (Å²) in [4.78, 5) is 2.16. The fourth-order valence-electron chi connectivity index (χ4n) is 2.10. The minimum Gasteiger partial charge on any atom is -0.343 e. The normalized spacial score (nSPS) is 18.6. The van der Waals surface area contributed by atoms with Crippen molar-refractivity contribution >= 4 is 0 Å². The van der Waals surface area contributed by atoms with Gasteiger partial charge in [-0.15, -0.1) is 0 Å². The van der Waals surface area contributed by atoms with Crippen LogP contribution in [0.1, 0.15) is 11.4 Å². The fourth-order valence-corrected chi connectivity index (χ4v) is 2.10. The predicted octanol–water partition coefficient (Wildman–Crippen LogP) is 1.45. The molecule has 1 aliphatic heterocycles. The van der Waals surface area contributed by atoms with Gasteiger partial charge < -0.3 is 9.88 Å². The number of aromatic nitrogens is 1. The topological polar surface area (TPSA) is 20.2 Å². The number of nitrogens with one attached hydrogen (secondary N) is 1. The van der Waals surface area contributed by atoms with Gasteiger partial charge in [-0.25, -0.2) is 0 Å². The molecule has 1 fully saturated rings. The Bertz CT molecular complexity index is 378. The van der Waals surface area contributed by atoms with Crippen molar-refractivity contribution in [1.82, 2.24) is 14.8 Å². The zero-order valence-electron chi connectivity index (χ0n) is 9.72. The predicted molar refractivity (Wildman–Crippen MR) is 58.6 cm³/mol. The quantitative estimate of drug-likeness (QED) is 0.853. The van der Waals surface area contributed by atoms with Crippen LogP contribution in [0.4, 0.5) is 13.2 Å². The molecule has 1 aliphatic rings. The van der Waals surface area contributed by atoms with Gasteiger partial charge in [0.25, 0.3) is 0 Å². The van der Waals surface area contributed by atoms with E-state index < -0.39 is 11.9 Å². The minimum atomic E-state index is -4.27. The minimum absolute atomic E-state index is 0.578. The second-order valence-electron chi connectivity index (χ2n) is 4.29. The van der Waals surface area contributed by atoms with Gasteiger partial charge in [0.2, 0.25) is 0 Å². The van der Waals surface area contributed by atoms with Crippen molar-refractivity contribution in [1.29, 1.82) is 0 Å². The number of halogens is 3. The standard InChI is InChI=1S/C11H16F3N3/c1-16-9(2-3-10(16)11(12,13)14)8-17-6-4-15-5-7-17/h2-3,15H,4-8H2,1H3. The SMILES string of the molecule is Cn1c(CN2CCNCC2)ccc1C(F)(F)F. The molecule has 0 atom stereocenters. The summed E-state index contributed by atoms with van der Waals surface area (Å²) in [5.41, 5.74) is 0.127. The Morgan fingerprint density at radius 3 is 2.41 bits per heavy atom. The van der Waals surface area contributed by atoms with Crippen LogP contribution >= 0.6 is 0 Å². The summed E-state index contributed by atoms with van der Waals surface area (Å²) in [6.07, 6.45) is -4.27. The van der Waals surface area contributed by atoms with E-state index in [0.29, 0.717) is 12.2 Å². The summed E-state index contributed by atoms with van der Waals surface area (Å²) >= 11 is 0. The second-order valence-corrected chi connectivity index (χ2v) is 4.29. The Labute approximate surface area is 98.2 Å². The average molecular weight is 247 g/mol. The van der Waals surface area contributed by atoms with Crippen LogP contribution in [0.25, 0.3) is 0 Å². The molecule has 0 bridgehead atoms. The van der Waals surface area contributed by atoms with Crippen LogP contribution in [-0.2, 0) is 19.8 Å². The Hall–Kier alpha value is -1.01. The molecule has 0 amide bonds. The summed E-state index contributed by atoms with van der Waals surface area (Å²) in [7, 11) is 1.47. The number of rotatable bonds is 2. The summed E-state index contributed by atoms with van der Waals surface area (Å²) in [5.74, 6) is 0. The van der Waals surface area contributed by atoms with Crippen LogP contribution in [0, 0.1) is 0 Å². The molecule has 6 heteroatoms. The van der Waals surface area contributed by atoms with E-state index in [0.717, 1.165) is 32.2 Å². The lowest BCUT2D eigenvalue weighted by atomic mass is 10.3. The zero-order chi connectivity index (χ0) is 12.5. The van der Waals surface area contributed by atoms with E-state index in [4.69, 9.17) is 0 Å². The molecule has 0 aliphatic carbocycles. The number of piperazine rings is 1. The summed E-state index contributed by atoms with van der Waals surface area (Å²) in [5, 5.41) is 3.22. The van der Waals surface area contributed by atoms with Gasteiger partial charge in [0.15, 0.2) is 0 Å². The highest BCUT2D eigenvalue weighted by Crippen LogP contribution is 2.30. The Kier molecular flexibility index (Phi) is 3.44. The van der Waals surface area contributed by atoms with E-state index in [2.05, 4.69) is 10.2 Å². The number of hydrogen-bond donors (Lipinski definition) is 1. The molecule has 3 nitrogen and oxygen atoms in total. The fraction of sp³-hybridized carbons (Fsp3) is 0.636. The van der Waals surface area contributed by atoms with Gasteiger partial charge in [0.05, 0.1) is 0 Å². The van der Waals surface area contributed by atoms with Crippen LogP contribution in [0.2, 0.25) is 0 Å². The van der Waals surface area contributed by atoms with Gasteiger partial charge in [0.1, 0.15) is 5.69 Å². The van der Waals surface area contributed by atoms with Gasteiger partial charge in [-0.3, -0.25) is 4.90 Å². The number of nitrogens with zero attached hydrogens (tertiary/aromatic N) is 2. The second kappa shape index (κ2) is 4.70. The molecule has 96 valence electrons. The van der Waals surface area contributed by atoms with Crippen molar-refractivity contribution in [2.75, 3.05) is 26.2 Å². The molecule has 0 saturated carbocycles. The number of hydrogen-bond acceptors (Lipinski definition) is 2. The maximum atomic E-state index is 12.6. The first-order valence-corrected chi connectivity index (χ1v) is 5.63. The third kappa shape index (κ3) is 2.81. The molecule has 1 saturated heterocycles. The smallest absolute Gasteiger partial charge is 0.343 e. The lowest BCUT2D eigenvalue weighted by Gasteiger charge is -2.27. The van der Waals surface area contributed by atoms with Crippen LogP contribution in [0.15, 0.2) is 12.1 Å². The van der Waals surface area contributed by atoms with Crippen molar-refractivity contribution < 1.29 is 13.2 Å². The highest BCUT2D eigenvalue weighted by molar-refractivity contribution is 5.18. The Morgan fingerprint density at radius 2 is 1.88 bits per heavy atom. The van der Waals surface area contributed by atoms with Crippen molar-refractivity contribution in [3.8, 4) is 0 Å². The highest BCUT2D eigenvalue weighted by atomic mass is 19.4. The lowest BCUT2D eigenvalue weighted by molar-refractivity contribution is -0.143. The molecule has 0 unspecified atom stereocenters. The van der Waals surface area contributed by atoms with Crippen molar-refractivity contribution in [2.45, 2.75) is 12.7 Å². The maximum absolute atomic E-state index is 12.6. The van der Waals surface area contributed by atoms with Crippen LogP contribution < -0.4 is 5.32 Å². The van der Waals surface area contributed by atoms with E-state index in [1.54, 1.807) is 6.07 Å². The monoisotopic (exact) mass is 247 g/mol. The third-order valence-corrected chi connectivity index (χ3v) is 3.11. The molecule has 17 heavy (non-hydrogen) atoms. The van der Waals surface area contributed by atoms with Crippen LogP contribution in [-0.4, -0.2) is 35.6 Å². The average Bonchev–Trinajstić information content (AvgIpc) is 2.61. The molecule has 2 heterocycles. The molecule has 0 spiro atoms. The van der Waals surface area contributed by atoms with Crippen molar-refractivity contribution in [3.05, 3.63) is 23.5 Å². The van der Waals surface area contributed by atoms with Crippen molar-refractivity contribution in [3.63, 3.8) is 0 Å². The van der Waals surface area contributed by atoms with Gasteiger partial charge in [-0.1, -0.05) is 0 Å². The highest BCUT2D eigenvalue weighted by Gasteiger charge is 2.34. The van der Waals surface area contributed by atoms with Crippen LogP contribution in [0.3, 0.4) is 0 Å². The molecular weight excluding hydrogens is 231 g/mol. The van der Waals surface area contributed by atoms with E-state index in [1.807, 2.05) is 0 Å². The molecule has 1 aromatic heterocycles. The van der Waals surface area contributed by atoms with E-state index in [-0.39, 0.29) is 0 Å². The van der Waals surface area contributed by atoms with E-state index in [1.165, 1.54) is 11.6 Å². The molecular formula is C11H16F3N3. The largest absolute Gasteiger partial charge is 0.431 e. The first kappa shape index (κ1) is 12.4. The molecule has 0 radical (unpaired) electrons. The first-order chi connectivity index (χ1) is 7.98. The number of alkyl halides is 3. The van der Waals surface area contributed by atoms with Crippen molar-refractivity contribution in [2.24, 2.45) is 7.05 Å². The summed E-state index contributed by atoms with van der Waals surface area (Å²) in [6.45, 7) is 4.14. The van der Waals surface area contributed by atoms with E-state index >= 15 is 0 Å². The summed E-state index contributed by atoms with van der Waals surface area (Å²) < 4.78 is 39.0. The van der Waals surface area contributed by atoms with Gasteiger partial charge in [-0.05, 0) is 12.1 Å². The molecule has 2 rings (SSSR count). The van der Waals surface area contributed by atoms with Gasteiger partial charge in [-0.2, -0.15) is 13.2 Å². The van der Waals surface area contributed by atoms with Crippen LogP contribution in [0.5, 0.6) is 0 Å².